The van der Waals surface area contributed by atoms with Crippen molar-refractivity contribution in [2.45, 2.75) is 18.8 Å². The number of aromatic nitrogens is 1. The standard InChI is InChI=1S/C20H20N2O2/c1-2-4-16-15(3-1)19(13-7-9-21-10-8-13)20(22-16)14-5-6-17-18(11-14)24-12-23-17/h1-6,11,13,21-22H,7-10,12H2. The van der Waals surface area contributed by atoms with Gasteiger partial charge in [0.25, 0.3) is 0 Å². The summed E-state index contributed by atoms with van der Waals surface area (Å²) < 4.78 is 11.0. The van der Waals surface area contributed by atoms with Crippen LogP contribution >= 0.6 is 0 Å². The fourth-order valence-corrected chi connectivity index (χ4v) is 3.98. The molecule has 3 heterocycles. The van der Waals surface area contributed by atoms with Gasteiger partial charge in [-0.25, -0.2) is 0 Å². The number of hydrogen-bond acceptors (Lipinski definition) is 3. The summed E-state index contributed by atoms with van der Waals surface area (Å²) >= 11 is 0. The molecule has 4 heteroatoms. The minimum Gasteiger partial charge on any atom is -0.454 e. The lowest BCUT2D eigenvalue weighted by molar-refractivity contribution is 0.174. The number of benzene rings is 2. The summed E-state index contributed by atoms with van der Waals surface area (Å²) in [6, 6.07) is 14.9. The highest BCUT2D eigenvalue weighted by Gasteiger charge is 2.24. The number of aromatic amines is 1. The first kappa shape index (κ1) is 13.9. The molecule has 2 aliphatic heterocycles. The third-order valence-electron chi connectivity index (χ3n) is 5.15. The summed E-state index contributed by atoms with van der Waals surface area (Å²) in [6.45, 7) is 2.49. The van der Waals surface area contributed by atoms with Crippen molar-refractivity contribution in [1.29, 1.82) is 0 Å². The van der Waals surface area contributed by atoms with Crippen molar-refractivity contribution >= 4 is 10.9 Å². The summed E-state index contributed by atoms with van der Waals surface area (Å²) in [4.78, 5) is 3.65. The number of hydrogen-bond donors (Lipinski definition) is 2. The van der Waals surface area contributed by atoms with E-state index < -0.39 is 0 Å². The van der Waals surface area contributed by atoms with Crippen molar-refractivity contribution in [2.75, 3.05) is 19.9 Å². The van der Waals surface area contributed by atoms with Gasteiger partial charge in [0.15, 0.2) is 11.5 Å². The zero-order valence-corrected chi connectivity index (χ0v) is 13.5. The lowest BCUT2D eigenvalue weighted by atomic mass is 9.86. The van der Waals surface area contributed by atoms with Gasteiger partial charge in [-0.2, -0.15) is 0 Å². The van der Waals surface area contributed by atoms with Crippen LogP contribution < -0.4 is 14.8 Å². The number of rotatable bonds is 2. The van der Waals surface area contributed by atoms with Gasteiger partial charge in [0.1, 0.15) is 0 Å². The van der Waals surface area contributed by atoms with E-state index in [2.05, 4.69) is 46.7 Å². The molecule has 122 valence electrons. The van der Waals surface area contributed by atoms with Crippen molar-refractivity contribution in [3.8, 4) is 22.8 Å². The van der Waals surface area contributed by atoms with E-state index in [-0.39, 0.29) is 0 Å². The zero-order valence-electron chi connectivity index (χ0n) is 13.5. The summed E-state index contributed by atoms with van der Waals surface area (Å²) in [5.41, 5.74) is 5.05. The van der Waals surface area contributed by atoms with Crippen LogP contribution in [0.5, 0.6) is 11.5 Å². The SMILES string of the molecule is c1ccc2c(C3CCNCC3)c(-c3ccc4c(c3)OCO4)[nH]c2c1. The highest BCUT2D eigenvalue weighted by atomic mass is 16.7. The summed E-state index contributed by atoms with van der Waals surface area (Å²) in [7, 11) is 0. The maximum atomic E-state index is 5.57. The van der Waals surface area contributed by atoms with Crippen molar-refractivity contribution in [3.05, 3.63) is 48.0 Å². The molecule has 5 rings (SSSR count). The molecule has 1 saturated heterocycles. The predicted molar refractivity (Wildman–Crippen MR) is 94.7 cm³/mol. The molecule has 4 nitrogen and oxygen atoms in total. The van der Waals surface area contributed by atoms with Crippen LogP contribution in [0.15, 0.2) is 42.5 Å². The van der Waals surface area contributed by atoms with Crippen LogP contribution in [0.4, 0.5) is 0 Å². The van der Waals surface area contributed by atoms with Gasteiger partial charge >= 0.3 is 0 Å². The molecular formula is C20H20N2O2. The second-order valence-corrected chi connectivity index (χ2v) is 6.55. The van der Waals surface area contributed by atoms with Crippen LogP contribution in [0, 0.1) is 0 Å². The van der Waals surface area contributed by atoms with Gasteiger partial charge in [0, 0.05) is 16.5 Å². The number of ether oxygens (including phenoxy) is 2. The van der Waals surface area contributed by atoms with Crippen LogP contribution in [-0.2, 0) is 0 Å². The maximum absolute atomic E-state index is 5.57. The van der Waals surface area contributed by atoms with E-state index in [1.54, 1.807) is 0 Å². The van der Waals surface area contributed by atoms with E-state index in [1.165, 1.54) is 40.6 Å². The van der Waals surface area contributed by atoms with Crippen molar-refractivity contribution in [1.82, 2.24) is 10.3 Å². The predicted octanol–water partition coefficient (Wildman–Crippen LogP) is 4.03. The van der Waals surface area contributed by atoms with Gasteiger partial charge in [-0.1, -0.05) is 18.2 Å². The minimum atomic E-state index is 0.312. The Hall–Kier alpha value is -2.46. The molecule has 0 amide bonds. The Bertz CT molecular complexity index is 894. The molecular weight excluding hydrogens is 300 g/mol. The van der Waals surface area contributed by atoms with E-state index in [4.69, 9.17) is 9.47 Å². The Kier molecular flexibility index (Phi) is 3.23. The molecule has 1 aromatic heterocycles. The van der Waals surface area contributed by atoms with Crippen LogP contribution in [-0.4, -0.2) is 24.9 Å². The van der Waals surface area contributed by atoms with E-state index in [0.29, 0.717) is 12.7 Å². The quantitative estimate of drug-likeness (QED) is 0.749. The number of nitrogens with one attached hydrogen (secondary N) is 2. The van der Waals surface area contributed by atoms with Gasteiger partial charge in [0.05, 0.1) is 5.69 Å². The number of para-hydroxylation sites is 1. The molecule has 0 saturated carbocycles. The lowest BCUT2D eigenvalue weighted by Crippen LogP contribution is -2.26. The van der Waals surface area contributed by atoms with Gasteiger partial charge in [-0.3, -0.25) is 0 Å². The second-order valence-electron chi connectivity index (χ2n) is 6.55. The zero-order chi connectivity index (χ0) is 15.9. The fourth-order valence-electron chi connectivity index (χ4n) is 3.98. The first-order valence-electron chi connectivity index (χ1n) is 8.61. The average molecular weight is 320 g/mol. The Morgan fingerprint density at radius 2 is 1.75 bits per heavy atom. The summed E-state index contributed by atoms with van der Waals surface area (Å²) in [5.74, 6) is 2.25. The minimum absolute atomic E-state index is 0.312. The van der Waals surface area contributed by atoms with E-state index in [9.17, 15) is 0 Å². The van der Waals surface area contributed by atoms with E-state index in [1.807, 2.05) is 6.07 Å². The normalized spacial score (nSPS) is 17.5. The molecule has 0 radical (unpaired) electrons. The largest absolute Gasteiger partial charge is 0.454 e. The summed E-state index contributed by atoms with van der Waals surface area (Å²) in [6.07, 6.45) is 2.36. The maximum Gasteiger partial charge on any atom is 0.231 e. The van der Waals surface area contributed by atoms with Crippen LogP contribution in [0.2, 0.25) is 0 Å². The Morgan fingerprint density at radius 1 is 0.917 bits per heavy atom. The monoisotopic (exact) mass is 320 g/mol. The average Bonchev–Trinajstić information content (AvgIpc) is 3.26. The molecule has 0 atom stereocenters. The number of H-pyrrole nitrogens is 1. The van der Waals surface area contributed by atoms with Gasteiger partial charge in [0.2, 0.25) is 6.79 Å². The Balaban J connectivity index is 1.69. The highest BCUT2D eigenvalue weighted by molar-refractivity contribution is 5.91. The molecule has 0 aliphatic carbocycles. The van der Waals surface area contributed by atoms with Crippen molar-refractivity contribution in [2.24, 2.45) is 0 Å². The Morgan fingerprint density at radius 3 is 2.67 bits per heavy atom. The smallest absolute Gasteiger partial charge is 0.231 e. The molecule has 0 bridgehead atoms. The second kappa shape index (κ2) is 5.56. The molecule has 0 spiro atoms. The molecule has 2 aliphatic rings. The highest BCUT2D eigenvalue weighted by Crippen LogP contribution is 2.42. The molecule has 3 aromatic rings. The lowest BCUT2D eigenvalue weighted by Gasteiger charge is -2.24. The van der Waals surface area contributed by atoms with E-state index in [0.717, 1.165) is 24.6 Å². The first-order chi connectivity index (χ1) is 11.9. The molecule has 2 N–H and O–H groups in total. The number of fused-ring (bicyclic) bond motifs is 2. The topological polar surface area (TPSA) is 46.3 Å². The van der Waals surface area contributed by atoms with Crippen LogP contribution in [0.1, 0.15) is 24.3 Å². The van der Waals surface area contributed by atoms with Crippen molar-refractivity contribution < 1.29 is 9.47 Å². The van der Waals surface area contributed by atoms with Crippen molar-refractivity contribution in [3.63, 3.8) is 0 Å². The first-order valence-corrected chi connectivity index (χ1v) is 8.61. The number of piperidine rings is 1. The third kappa shape index (κ3) is 2.18. The van der Waals surface area contributed by atoms with Gasteiger partial charge in [-0.05, 0) is 61.7 Å². The fraction of sp³-hybridized carbons (Fsp3) is 0.300. The molecule has 2 aromatic carbocycles. The van der Waals surface area contributed by atoms with Gasteiger partial charge < -0.3 is 19.8 Å². The molecule has 24 heavy (non-hydrogen) atoms. The third-order valence-corrected chi connectivity index (χ3v) is 5.15. The molecule has 1 fully saturated rings. The van der Waals surface area contributed by atoms with Gasteiger partial charge in [-0.15, -0.1) is 0 Å². The van der Waals surface area contributed by atoms with Crippen LogP contribution in [0.3, 0.4) is 0 Å². The molecule has 0 unspecified atom stereocenters. The van der Waals surface area contributed by atoms with E-state index >= 15 is 0 Å². The van der Waals surface area contributed by atoms with Crippen LogP contribution in [0.25, 0.3) is 22.2 Å². The Labute approximate surface area is 140 Å². The summed E-state index contributed by atoms with van der Waals surface area (Å²) in [5, 5.41) is 4.82.